The van der Waals surface area contributed by atoms with Crippen LogP contribution in [0.4, 0.5) is 0 Å². The molecular formula is C22H31N3O4. The van der Waals surface area contributed by atoms with Crippen LogP contribution in [0.5, 0.6) is 17.2 Å². The van der Waals surface area contributed by atoms with Crippen molar-refractivity contribution in [3.05, 3.63) is 54.1 Å². The molecule has 0 fully saturated rings. The predicted molar refractivity (Wildman–Crippen MR) is 115 cm³/mol. The Morgan fingerprint density at radius 2 is 1.72 bits per heavy atom. The molecule has 0 heterocycles. The van der Waals surface area contributed by atoms with Crippen LogP contribution in [0, 0.1) is 0 Å². The number of nitrogens with one attached hydrogen (secondary N) is 2. The highest BCUT2D eigenvalue weighted by Gasteiger charge is 2.07. The molecule has 158 valence electrons. The zero-order valence-electron chi connectivity index (χ0n) is 17.6. The zero-order chi connectivity index (χ0) is 20.9. The Bertz CT molecular complexity index is 750. The third-order valence-electron chi connectivity index (χ3n) is 4.10. The van der Waals surface area contributed by atoms with Gasteiger partial charge in [-0.15, -0.1) is 0 Å². The molecule has 0 saturated carbocycles. The van der Waals surface area contributed by atoms with E-state index in [4.69, 9.17) is 18.9 Å². The molecule has 0 spiro atoms. The number of hydrogen-bond donors (Lipinski definition) is 2. The third kappa shape index (κ3) is 8.31. The fourth-order valence-electron chi connectivity index (χ4n) is 2.54. The van der Waals surface area contributed by atoms with E-state index in [1.807, 2.05) is 55.5 Å². The van der Waals surface area contributed by atoms with Gasteiger partial charge < -0.3 is 29.6 Å². The van der Waals surface area contributed by atoms with Crippen LogP contribution in [0.25, 0.3) is 0 Å². The summed E-state index contributed by atoms with van der Waals surface area (Å²) in [4.78, 5) is 4.26. The normalized spacial score (nSPS) is 12.2. The molecule has 0 aliphatic heterocycles. The Hall–Kier alpha value is -2.93. The fraction of sp³-hybridized carbons (Fsp3) is 0.409. The van der Waals surface area contributed by atoms with Gasteiger partial charge in [0.05, 0.1) is 20.3 Å². The molecule has 0 aromatic heterocycles. The topological polar surface area (TPSA) is 73.3 Å². The lowest BCUT2D eigenvalue weighted by molar-refractivity contribution is 0.146. The van der Waals surface area contributed by atoms with Crippen LogP contribution >= 0.6 is 0 Å². The van der Waals surface area contributed by atoms with E-state index in [-0.39, 0.29) is 6.10 Å². The molecular weight excluding hydrogens is 370 g/mol. The molecule has 7 heteroatoms. The standard InChI is InChI=1S/C22H31N3O4/c1-17(29-21-7-5-6-20(14-21)27-4)15-24-22(23-2)25-16-18-8-10-19(11-9-18)28-13-12-26-3/h5-11,14,17H,12-13,15-16H2,1-4H3,(H2,23,24,25). The number of aliphatic imine (C=N–C) groups is 1. The van der Waals surface area contributed by atoms with Crippen molar-refractivity contribution < 1.29 is 18.9 Å². The van der Waals surface area contributed by atoms with Crippen LogP contribution in [0.3, 0.4) is 0 Å². The lowest BCUT2D eigenvalue weighted by atomic mass is 10.2. The number of nitrogens with zero attached hydrogens (tertiary/aromatic N) is 1. The van der Waals surface area contributed by atoms with E-state index in [1.165, 1.54) is 0 Å². The summed E-state index contributed by atoms with van der Waals surface area (Å²) in [7, 11) is 5.04. The van der Waals surface area contributed by atoms with Gasteiger partial charge in [-0.25, -0.2) is 0 Å². The molecule has 0 radical (unpaired) electrons. The predicted octanol–water partition coefficient (Wildman–Crippen LogP) is 2.85. The lowest BCUT2D eigenvalue weighted by Gasteiger charge is -2.18. The minimum atomic E-state index is -0.0378. The van der Waals surface area contributed by atoms with E-state index in [1.54, 1.807) is 21.3 Å². The van der Waals surface area contributed by atoms with E-state index in [0.717, 1.165) is 22.8 Å². The van der Waals surface area contributed by atoms with Crippen molar-refractivity contribution in [2.75, 3.05) is 41.0 Å². The summed E-state index contributed by atoms with van der Waals surface area (Å²) in [5.74, 6) is 3.09. The van der Waals surface area contributed by atoms with Crippen LogP contribution in [0.2, 0.25) is 0 Å². The molecule has 2 aromatic rings. The average Bonchev–Trinajstić information content (AvgIpc) is 2.75. The van der Waals surface area contributed by atoms with Crippen molar-refractivity contribution in [1.82, 2.24) is 10.6 Å². The van der Waals surface area contributed by atoms with Gasteiger partial charge in [0.25, 0.3) is 0 Å². The average molecular weight is 402 g/mol. The highest BCUT2D eigenvalue weighted by molar-refractivity contribution is 5.79. The van der Waals surface area contributed by atoms with Gasteiger partial charge >= 0.3 is 0 Å². The zero-order valence-corrected chi connectivity index (χ0v) is 17.6. The van der Waals surface area contributed by atoms with Gasteiger partial charge in [-0.05, 0) is 36.8 Å². The summed E-state index contributed by atoms with van der Waals surface area (Å²) in [6.07, 6.45) is -0.0378. The Morgan fingerprint density at radius 3 is 2.41 bits per heavy atom. The first-order valence-corrected chi connectivity index (χ1v) is 9.60. The van der Waals surface area contributed by atoms with Crippen LogP contribution in [-0.4, -0.2) is 53.1 Å². The minimum absolute atomic E-state index is 0.0378. The van der Waals surface area contributed by atoms with E-state index in [9.17, 15) is 0 Å². The van der Waals surface area contributed by atoms with Crippen molar-refractivity contribution in [2.24, 2.45) is 4.99 Å². The fourth-order valence-corrected chi connectivity index (χ4v) is 2.54. The quantitative estimate of drug-likeness (QED) is 0.343. The summed E-state index contributed by atoms with van der Waals surface area (Å²) in [6.45, 7) is 4.39. The van der Waals surface area contributed by atoms with Crippen molar-refractivity contribution in [3.63, 3.8) is 0 Å². The molecule has 0 aliphatic carbocycles. The highest BCUT2D eigenvalue weighted by Crippen LogP contribution is 2.19. The first-order valence-electron chi connectivity index (χ1n) is 9.60. The van der Waals surface area contributed by atoms with Gasteiger partial charge in [-0.1, -0.05) is 18.2 Å². The van der Waals surface area contributed by atoms with Crippen LogP contribution in [0.1, 0.15) is 12.5 Å². The summed E-state index contributed by atoms with van der Waals surface area (Å²) >= 11 is 0. The van der Waals surface area contributed by atoms with Crippen molar-refractivity contribution in [2.45, 2.75) is 19.6 Å². The van der Waals surface area contributed by atoms with E-state index >= 15 is 0 Å². The van der Waals surface area contributed by atoms with E-state index in [0.29, 0.717) is 32.3 Å². The second-order valence-electron chi connectivity index (χ2n) is 6.40. The largest absolute Gasteiger partial charge is 0.497 e. The molecule has 0 saturated heterocycles. The first-order chi connectivity index (χ1) is 14.1. The van der Waals surface area contributed by atoms with Crippen molar-refractivity contribution in [3.8, 4) is 17.2 Å². The molecule has 0 aliphatic rings. The van der Waals surface area contributed by atoms with E-state index in [2.05, 4.69) is 15.6 Å². The second kappa shape index (κ2) is 12.5. The lowest BCUT2D eigenvalue weighted by Crippen LogP contribution is -2.41. The minimum Gasteiger partial charge on any atom is -0.497 e. The van der Waals surface area contributed by atoms with Crippen molar-refractivity contribution >= 4 is 5.96 Å². The maximum Gasteiger partial charge on any atom is 0.191 e. The molecule has 2 N–H and O–H groups in total. The highest BCUT2D eigenvalue weighted by atomic mass is 16.5. The molecule has 1 unspecified atom stereocenters. The van der Waals surface area contributed by atoms with Gasteiger partial charge in [0.1, 0.15) is 30.0 Å². The number of guanidine groups is 1. The van der Waals surface area contributed by atoms with Crippen LogP contribution in [0.15, 0.2) is 53.5 Å². The maximum atomic E-state index is 5.92. The molecule has 2 rings (SSSR count). The monoisotopic (exact) mass is 401 g/mol. The molecule has 29 heavy (non-hydrogen) atoms. The third-order valence-corrected chi connectivity index (χ3v) is 4.10. The van der Waals surface area contributed by atoms with Gasteiger partial charge in [0, 0.05) is 26.8 Å². The van der Waals surface area contributed by atoms with Crippen LogP contribution in [-0.2, 0) is 11.3 Å². The molecule has 2 aromatic carbocycles. The molecule has 7 nitrogen and oxygen atoms in total. The number of benzene rings is 2. The summed E-state index contributed by atoms with van der Waals surface area (Å²) in [6, 6.07) is 15.5. The molecule has 0 amide bonds. The Labute approximate surface area is 173 Å². The molecule has 1 atom stereocenters. The Balaban J connectivity index is 1.74. The number of methoxy groups -OCH3 is 2. The Kier molecular flexibility index (Phi) is 9.65. The van der Waals surface area contributed by atoms with E-state index < -0.39 is 0 Å². The number of rotatable bonds is 11. The maximum absolute atomic E-state index is 5.92. The molecule has 0 bridgehead atoms. The van der Waals surface area contributed by atoms with Gasteiger partial charge in [-0.2, -0.15) is 0 Å². The Morgan fingerprint density at radius 1 is 0.966 bits per heavy atom. The van der Waals surface area contributed by atoms with Crippen LogP contribution < -0.4 is 24.8 Å². The number of hydrogen-bond acceptors (Lipinski definition) is 5. The second-order valence-corrected chi connectivity index (χ2v) is 6.40. The smallest absolute Gasteiger partial charge is 0.191 e. The summed E-state index contributed by atoms with van der Waals surface area (Å²) < 4.78 is 21.7. The SMILES string of the molecule is CN=C(NCc1ccc(OCCOC)cc1)NCC(C)Oc1cccc(OC)c1. The van der Waals surface area contributed by atoms with Crippen molar-refractivity contribution in [1.29, 1.82) is 0 Å². The van der Waals surface area contributed by atoms with Gasteiger partial charge in [0.2, 0.25) is 0 Å². The first kappa shape index (κ1) is 22.4. The van der Waals surface area contributed by atoms with Gasteiger partial charge in [0.15, 0.2) is 5.96 Å². The summed E-state index contributed by atoms with van der Waals surface area (Å²) in [5.41, 5.74) is 1.13. The number of ether oxygens (including phenoxy) is 4. The van der Waals surface area contributed by atoms with Gasteiger partial charge in [-0.3, -0.25) is 4.99 Å². The summed E-state index contributed by atoms with van der Waals surface area (Å²) in [5, 5.41) is 6.58.